The molecule has 0 spiro atoms. The van der Waals surface area contributed by atoms with Crippen LogP contribution < -0.4 is 10.6 Å². The molecule has 0 aliphatic carbocycles. The molecule has 0 radical (unpaired) electrons. The van der Waals surface area contributed by atoms with Gasteiger partial charge in [-0.3, -0.25) is 4.79 Å². The van der Waals surface area contributed by atoms with Gasteiger partial charge in [0.1, 0.15) is 6.04 Å². The van der Waals surface area contributed by atoms with Crippen LogP contribution in [0, 0.1) is 0 Å². The highest BCUT2D eigenvalue weighted by atomic mass is 32.2. The van der Waals surface area contributed by atoms with E-state index in [4.69, 9.17) is 0 Å². The lowest BCUT2D eigenvalue weighted by molar-refractivity contribution is -0.112. The number of benzene rings is 1. The highest BCUT2D eigenvalue weighted by Crippen LogP contribution is 2.19. The van der Waals surface area contributed by atoms with Crippen molar-refractivity contribution in [2.24, 2.45) is 0 Å². The molecule has 2 amide bonds. The van der Waals surface area contributed by atoms with Crippen LogP contribution >= 0.6 is 11.8 Å². The number of nitrogens with one attached hydrogen (secondary N) is 2. The normalized spacial score (nSPS) is 19.5. The third-order valence-electron chi connectivity index (χ3n) is 2.27. The molecule has 2 rings (SSSR count). The SMILES string of the molecule is O=C(Nc1ccccc1)NC1CCSC1=O. The Balaban J connectivity index is 1.87. The first-order chi connectivity index (χ1) is 7.75. The summed E-state index contributed by atoms with van der Waals surface area (Å²) in [6, 6.07) is 8.48. The molecule has 4 nitrogen and oxygen atoms in total. The van der Waals surface area contributed by atoms with Gasteiger partial charge in [0.05, 0.1) is 0 Å². The van der Waals surface area contributed by atoms with Crippen molar-refractivity contribution in [3.63, 3.8) is 0 Å². The topological polar surface area (TPSA) is 58.2 Å². The van der Waals surface area contributed by atoms with E-state index in [2.05, 4.69) is 10.6 Å². The molecule has 1 aliphatic rings. The zero-order valence-electron chi connectivity index (χ0n) is 8.60. The molecule has 1 unspecified atom stereocenters. The molecule has 0 aromatic heterocycles. The standard InChI is InChI=1S/C11H12N2O2S/c14-10-9(6-7-16-10)13-11(15)12-8-4-2-1-3-5-8/h1-5,9H,6-7H2,(H2,12,13,15). The Bertz CT molecular complexity index is 394. The van der Waals surface area contributed by atoms with Crippen LogP contribution in [0.15, 0.2) is 30.3 Å². The van der Waals surface area contributed by atoms with Gasteiger partial charge in [0.15, 0.2) is 0 Å². The molecule has 2 N–H and O–H groups in total. The van der Waals surface area contributed by atoms with Gasteiger partial charge < -0.3 is 10.6 Å². The van der Waals surface area contributed by atoms with Crippen molar-refractivity contribution in [1.29, 1.82) is 0 Å². The Morgan fingerprint density at radius 1 is 1.31 bits per heavy atom. The Labute approximate surface area is 97.8 Å². The highest BCUT2D eigenvalue weighted by Gasteiger charge is 2.26. The number of thioether (sulfide) groups is 1. The van der Waals surface area contributed by atoms with E-state index in [-0.39, 0.29) is 17.2 Å². The van der Waals surface area contributed by atoms with Crippen LogP contribution in [0.2, 0.25) is 0 Å². The molecule has 1 atom stereocenters. The lowest BCUT2D eigenvalue weighted by atomic mass is 10.2. The van der Waals surface area contributed by atoms with Crippen LogP contribution in [0.25, 0.3) is 0 Å². The summed E-state index contributed by atoms with van der Waals surface area (Å²) < 4.78 is 0. The first-order valence-corrected chi connectivity index (χ1v) is 6.03. The van der Waals surface area contributed by atoms with E-state index in [1.807, 2.05) is 18.2 Å². The fourth-order valence-corrected chi connectivity index (χ4v) is 2.41. The van der Waals surface area contributed by atoms with Crippen LogP contribution in [-0.2, 0) is 4.79 Å². The van der Waals surface area contributed by atoms with E-state index >= 15 is 0 Å². The van der Waals surface area contributed by atoms with Gasteiger partial charge in [-0.1, -0.05) is 30.0 Å². The van der Waals surface area contributed by atoms with Crippen LogP contribution in [-0.4, -0.2) is 22.9 Å². The zero-order valence-corrected chi connectivity index (χ0v) is 9.42. The number of para-hydroxylation sites is 1. The third kappa shape index (κ3) is 2.76. The van der Waals surface area contributed by atoms with E-state index in [9.17, 15) is 9.59 Å². The molecule has 16 heavy (non-hydrogen) atoms. The number of urea groups is 1. The summed E-state index contributed by atoms with van der Waals surface area (Å²) in [6.07, 6.45) is 0.714. The Morgan fingerprint density at radius 2 is 2.06 bits per heavy atom. The van der Waals surface area contributed by atoms with Crippen LogP contribution in [0.3, 0.4) is 0 Å². The predicted octanol–water partition coefficient (Wildman–Crippen LogP) is 1.84. The molecule has 5 heteroatoms. The average Bonchev–Trinajstić information content (AvgIpc) is 2.66. The fraction of sp³-hybridized carbons (Fsp3) is 0.273. The molecule has 1 fully saturated rings. The Morgan fingerprint density at radius 3 is 2.69 bits per heavy atom. The molecule has 1 aromatic rings. The maximum absolute atomic E-state index is 11.5. The van der Waals surface area contributed by atoms with Crippen molar-refractivity contribution in [3.8, 4) is 0 Å². The Kier molecular flexibility index (Phi) is 3.46. The number of carbonyl (C=O) groups excluding carboxylic acids is 2. The summed E-state index contributed by atoms with van der Waals surface area (Å²) in [7, 11) is 0. The molecule has 1 aliphatic heterocycles. The first-order valence-electron chi connectivity index (χ1n) is 5.05. The summed E-state index contributed by atoms with van der Waals surface area (Å²) in [6.45, 7) is 0. The van der Waals surface area contributed by atoms with Gasteiger partial charge in [-0.2, -0.15) is 0 Å². The van der Waals surface area contributed by atoms with Crippen molar-refractivity contribution < 1.29 is 9.59 Å². The van der Waals surface area contributed by atoms with Crippen molar-refractivity contribution in [2.45, 2.75) is 12.5 Å². The monoisotopic (exact) mass is 236 g/mol. The number of amides is 2. The smallest absolute Gasteiger partial charge is 0.319 e. The van der Waals surface area contributed by atoms with Gasteiger partial charge in [-0.15, -0.1) is 0 Å². The average molecular weight is 236 g/mol. The molecule has 84 valence electrons. The number of rotatable bonds is 2. The summed E-state index contributed by atoms with van der Waals surface area (Å²) in [4.78, 5) is 22.8. The molecule has 1 aromatic carbocycles. The van der Waals surface area contributed by atoms with Crippen molar-refractivity contribution in [1.82, 2.24) is 5.32 Å². The molecule has 1 heterocycles. The largest absolute Gasteiger partial charge is 0.327 e. The molecule has 1 saturated heterocycles. The van der Waals surface area contributed by atoms with Gasteiger partial charge in [0.2, 0.25) is 5.12 Å². The number of hydrogen-bond donors (Lipinski definition) is 2. The van der Waals surface area contributed by atoms with Gasteiger partial charge in [-0.25, -0.2) is 4.79 Å². The zero-order chi connectivity index (χ0) is 11.4. The maximum atomic E-state index is 11.5. The van der Waals surface area contributed by atoms with Crippen molar-refractivity contribution in [3.05, 3.63) is 30.3 Å². The van der Waals surface area contributed by atoms with E-state index in [0.717, 1.165) is 11.4 Å². The lowest BCUT2D eigenvalue weighted by Gasteiger charge is -2.11. The summed E-state index contributed by atoms with van der Waals surface area (Å²) in [5, 5.41) is 5.38. The fourth-order valence-electron chi connectivity index (χ4n) is 1.47. The number of anilines is 1. The minimum atomic E-state index is -0.339. The number of carbonyl (C=O) groups is 2. The molecule has 0 bridgehead atoms. The number of hydrogen-bond acceptors (Lipinski definition) is 3. The maximum Gasteiger partial charge on any atom is 0.319 e. The summed E-state index contributed by atoms with van der Waals surface area (Å²) in [5.41, 5.74) is 0.720. The minimum Gasteiger partial charge on any atom is -0.327 e. The van der Waals surface area contributed by atoms with Gasteiger partial charge in [0, 0.05) is 11.4 Å². The van der Waals surface area contributed by atoms with E-state index < -0.39 is 0 Å². The highest BCUT2D eigenvalue weighted by molar-refractivity contribution is 8.14. The molecule has 0 saturated carbocycles. The second-order valence-electron chi connectivity index (χ2n) is 3.47. The second-order valence-corrected chi connectivity index (χ2v) is 4.57. The lowest BCUT2D eigenvalue weighted by Crippen LogP contribution is -2.39. The van der Waals surface area contributed by atoms with Gasteiger partial charge in [0.25, 0.3) is 0 Å². The van der Waals surface area contributed by atoms with E-state index in [1.54, 1.807) is 12.1 Å². The van der Waals surface area contributed by atoms with E-state index in [1.165, 1.54) is 11.8 Å². The van der Waals surface area contributed by atoms with Gasteiger partial charge >= 0.3 is 6.03 Å². The quantitative estimate of drug-likeness (QED) is 0.823. The van der Waals surface area contributed by atoms with Crippen LogP contribution in [0.4, 0.5) is 10.5 Å². The van der Waals surface area contributed by atoms with Crippen LogP contribution in [0.5, 0.6) is 0 Å². The minimum absolute atomic E-state index is 0.0446. The predicted molar refractivity (Wildman–Crippen MR) is 64.5 cm³/mol. The summed E-state index contributed by atoms with van der Waals surface area (Å²) >= 11 is 1.27. The van der Waals surface area contributed by atoms with Crippen molar-refractivity contribution >= 4 is 28.6 Å². The van der Waals surface area contributed by atoms with Crippen molar-refractivity contribution in [2.75, 3.05) is 11.1 Å². The van der Waals surface area contributed by atoms with E-state index in [0.29, 0.717) is 6.42 Å². The molecular weight excluding hydrogens is 224 g/mol. The molecular formula is C11H12N2O2S. The third-order valence-corrected chi connectivity index (χ3v) is 3.28. The second kappa shape index (κ2) is 5.03. The first kappa shape index (κ1) is 11.0. The van der Waals surface area contributed by atoms with Gasteiger partial charge in [-0.05, 0) is 18.6 Å². The Hall–Kier alpha value is -1.49. The summed E-state index contributed by atoms with van der Waals surface area (Å²) in [5.74, 6) is 0.787. The van der Waals surface area contributed by atoms with Crippen LogP contribution in [0.1, 0.15) is 6.42 Å².